The summed E-state index contributed by atoms with van der Waals surface area (Å²) in [5.41, 5.74) is 0. The third kappa shape index (κ3) is 5.24. The van der Waals surface area contributed by atoms with Crippen LogP contribution in [0.25, 0.3) is 0 Å². The molecule has 1 N–H and O–H groups in total. The maximum absolute atomic E-state index is 14.1. The Hall–Kier alpha value is -2.20. The standard InChI is InChI=1S/C19H25FN2O6S/c1-29(26,27)15-6-7-17(16(20)10-15)28-12-13-2-4-14(5-3-13)21-8-9-22(19(24)25)18(23)11-21/h6-7,10,13-14H,2-5,8-9,11-12H2,1H3,(H,24,25). The molecule has 0 unspecified atom stereocenters. The number of hydrogen-bond acceptors (Lipinski definition) is 6. The van der Waals surface area contributed by atoms with E-state index in [1.807, 2.05) is 4.90 Å². The molecule has 29 heavy (non-hydrogen) atoms. The van der Waals surface area contributed by atoms with Gasteiger partial charge in [0.05, 0.1) is 18.0 Å². The topological polar surface area (TPSA) is 104 Å². The third-order valence-electron chi connectivity index (χ3n) is 5.62. The second-order valence-corrected chi connectivity index (χ2v) is 9.66. The Balaban J connectivity index is 1.47. The maximum atomic E-state index is 14.1. The van der Waals surface area contributed by atoms with Crippen molar-refractivity contribution in [2.45, 2.75) is 36.6 Å². The average molecular weight is 428 g/mol. The average Bonchev–Trinajstić information content (AvgIpc) is 2.66. The fourth-order valence-corrected chi connectivity index (χ4v) is 4.55. The normalized spacial score (nSPS) is 23.8. The first-order valence-electron chi connectivity index (χ1n) is 9.55. The minimum absolute atomic E-state index is 0.0370. The van der Waals surface area contributed by atoms with Crippen LogP contribution in [0.3, 0.4) is 0 Å². The highest BCUT2D eigenvalue weighted by atomic mass is 32.2. The number of rotatable bonds is 5. The van der Waals surface area contributed by atoms with Crippen LogP contribution >= 0.6 is 0 Å². The van der Waals surface area contributed by atoms with E-state index >= 15 is 0 Å². The largest absolute Gasteiger partial charge is 0.490 e. The van der Waals surface area contributed by atoms with Crippen LogP contribution in [0.2, 0.25) is 0 Å². The predicted octanol–water partition coefficient (Wildman–Crippen LogP) is 1.99. The van der Waals surface area contributed by atoms with Gasteiger partial charge in [0.1, 0.15) is 0 Å². The van der Waals surface area contributed by atoms with E-state index in [0.29, 0.717) is 13.2 Å². The predicted molar refractivity (Wildman–Crippen MR) is 102 cm³/mol. The summed E-state index contributed by atoms with van der Waals surface area (Å²) in [5, 5.41) is 8.98. The number of sulfone groups is 1. The third-order valence-corrected chi connectivity index (χ3v) is 6.73. The number of carbonyl (C=O) groups is 2. The van der Waals surface area contributed by atoms with E-state index in [9.17, 15) is 22.4 Å². The second-order valence-electron chi connectivity index (χ2n) is 7.65. The number of ether oxygens (including phenoxy) is 1. The van der Waals surface area contributed by atoms with Crippen molar-refractivity contribution in [3.05, 3.63) is 24.0 Å². The summed E-state index contributed by atoms with van der Waals surface area (Å²) in [4.78, 5) is 25.7. The van der Waals surface area contributed by atoms with Gasteiger partial charge in [-0.25, -0.2) is 22.5 Å². The molecule has 1 aliphatic heterocycles. The van der Waals surface area contributed by atoms with Crippen LogP contribution in [0.15, 0.2) is 23.1 Å². The Morgan fingerprint density at radius 3 is 2.48 bits per heavy atom. The number of hydrogen-bond donors (Lipinski definition) is 1. The van der Waals surface area contributed by atoms with Crippen LogP contribution in [0.5, 0.6) is 5.75 Å². The zero-order valence-corrected chi connectivity index (χ0v) is 17.0. The molecule has 0 atom stereocenters. The zero-order chi connectivity index (χ0) is 21.2. The van der Waals surface area contributed by atoms with Crippen LogP contribution in [-0.2, 0) is 14.6 Å². The molecule has 1 heterocycles. The minimum atomic E-state index is -3.47. The molecule has 2 amide bonds. The van der Waals surface area contributed by atoms with Crippen LogP contribution < -0.4 is 4.74 Å². The SMILES string of the molecule is CS(=O)(=O)c1ccc(OCC2CCC(N3CCN(C(=O)O)C(=O)C3)CC2)c(F)c1. The Labute approximate surface area is 169 Å². The maximum Gasteiger partial charge on any atom is 0.414 e. The highest BCUT2D eigenvalue weighted by molar-refractivity contribution is 7.90. The molecule has 10 heteroatoms. The van der Waals surface area contributed by atoms with Crippen LogP contribution in [0.1, 0.15) is 25.7 Å². The molecule has 1 aromatic carbocycles. The smallest absolute Gasteiger partial charge is 0.414 e. The summed E-state index contributed by atoms with van der Waals surface area (Å²) in [6.07, 6.45) is 3.28. The molecule has 1 aromatic rings. The number of nitrogens with zero attached hydrogens (tertiary/aromatic N) is 2. The van der Waals surface area contributed by atoms with E-state index in [2.05, 4.69) is 0 Å². The van der Waals surface area contributed by atoms with Gasteiger partial charge in [-0.2, -0.15) is 0 Å². The zero-order valence-electron chi connectivity index (χ0n) is 16.2. The Morgan fingerprint density at radius 1 is 1.24 bits per heavy atom. The highest BCUT2D eigenvalue weighted by Crippen LogP contribution is 2.30. The van der Waals surface area contributed by atoms with Gasteiger partial charge in [-0.1, -0.05) is 0 Å². The van der Waals surface area contributed by atoms with Crippen LogP contribution in [0, 0.1) is 11.7 Å². The molecule has 0 spiro atoms. The molecule has 0 radical (unpaired) electrons. The first-order chi connectivity index (χ1) is 13.6. The molecule has 0 bridgehead atoms. The summed E-state index contributed by atoms with van der Waals surface area (Å²) in [7, 11) is -3.47. The van der Waals surface area contributed by atoms with Gasteiger partial charge in [0.25, 0.3) is 0 Å². The summed E-state index contributed by atoms with van der Waals surface area (Å²) in [6.45, 7) is 1.20. The van der Waals surface area contributed by atoms with Gasteiger partial charge < -0.3 is 9.84 Å². The van der Waals surface area contributed by atoms with Crippen molar-refractivity contribution < 1.29 is 32.2 Å². The van der Waals surface area contributed by atoms with Crippen LogP contribution in [-0.4, -0.2) is 73.9 Å². The molecular weight excluding hydrogens is 403 g/mol. The van der Waals surface area contributed by atoms with Crippen molar-refractivity contribution in [3.8, 4) is 5.75 Å². The highest BCUT2D eigenvalue weighted by Gasteiger charge is 2.34. The molecule has 2 aliphatic rings. The van der Waals surface area contributed by atoms with E-state index in [-0.39, 0.29) is 41.6 Å². The van der Waals surface area contributed by atoms with E-state index in [0.717, 1.165) is 42.9 Å². The van der Waals surface area contributed by atoms with E-state index in [1.165, 1.54) is 12.1 Å². The second kappa shape index (κ2) is 8.66. The number of benzene rings is 1. The fourth-order valence-electron chi connectivity index (χ4n) is 3.92. The molecule has 2 fully saturated rings. The van der Waals surface area contributed by atoms with E-state index < -0.39 is 21.7 Å². The first-order valence-corrected chi connectivity index (χ1v) is 11.4. The Morgan fingerprint density at radius 2 is 1.93 bits per heavy atom. The fraction of sp³-hybridized carbons (Fsp3) is 0.579. The van der Waals surface area contributed by atoms with Crippen LogP contribution in [0.4, 0.5) is 9.18 Å². The van der Waals surface area contributed by atoms with Crippen molar-refractivity contribution in [2.24, 2.45) is 5.92 Å². The molecule has 1 aliphatic carbocycles. The van der Waals surface area contributed by atoms with Gasteiger partial charge in [0.2, 0.25) is 5.91 Å². The minimum Gasteiger partial charge on any atom is -0.490 e. The van der Waals surface area contributed by atoms with Crippen molar-refractivity contribution in [3.63, 3.8) is 0 Å². The lowest BCUT2D eigenvalue weighted by Crippen LogP contribution is -2.55. The van der Waals surface area contributed by atoms with E-state index in [1.54, 1.807) is 0 Å². The lowest BCUT2D eigenvalue weighted by atomic mass is 9.85. The van der Waals surface area contributed by atoms with Crippen molar-refractivity contribution in [2.75, 3.05) is 32.5 Å². The van der Waals surface area contributed by atoms with Crippen molar-refractivity contribution in [1.82, 2.24) is 9.80 Å². The number of carbonyl (C=O) groups excluding carboxylic acids is 1. The quantitative estimate of drug-likeness (QED) is 0.765. The monoisotopic (exact) mass is 428 g/mol. The van der Waals surface area contributed by atoms with Gasteiger partial charge in [0.15, 0.2) is 21.4 Å². The number of amides is 2. The number of halogens is 1. The molecule has 0 aromatic heterocycles. The summed E-state index contributed by atoms with van der Waals surface area (Å²) in [6, 6.07) is 3.87. The lowest BCUT2D eigenvalue weighted by molar-refractivity contribution is -0.134. The van der Waals surface area contributed by atoms with Gasteiger partial charge in [-0.05, 0) is 49.8 Å². The molecule has 160 valence electrons. The number of carboxylic acid groups (broad SMARTS) is 1. The molecule has 3 rings (SSSR count). The molecule has 1 saturated carbocycles. The molecule has 8 nitrogen and oxygen atoms in total. The summed E-state index contributed by atoms with van der Waals surface area (Å²) in [5.74, 6) is -0.801. The van der Waals surface area contributed by atoms with Gasteiger partial charge in [0, 0.05) is 25.4 Å². The van der Waals surface area contributed by atoms with E-state index in [4.69, 9.17) is 9.84 Å². The Bertz CT molecular complexity index is 883. The number of imide groups is 1. The molecular formula is C19H25FN2O6S. The van der Waals surface area contributed by atoms with Gasteiger partial charge >= 0.3 is 6.09 Å². The van der Waals surface area contributed by atoms with Crippen molar-refractivity contribution >= 4 is 21.8 Å². The lowest BCUT2D eigenvalue weighted by Gasteiger charge is -2.40. The van der Waals surface area contributed by atoms with Gasteiger partial charge in [-0.3, -0.25) is 9.69 Å². The summed E-state index contributed by atoms with van der Waals surface area (Å²) >= 11 is 0. The molecule has 1 saturated heterocycles. The van der Waals surface area contributed by atoms with Crippen molar-refractivity contribution in [1.29, 1.82) is 0 Å². The Kier molecular flexibility index (Phi) is 6.42. The summed E-state index contributed by atoms with van der Waals surface area (Å²) < 4.78 is 42.6. The van der Waals surface area contributed by atoms with Gasteiger partial charge in [-0.15, -0.1) is 0 Å². The number of piperazine rings is 1. The first kappa shape index (κ1) is 21.5.